The van der Waals surface area contributed by atoms with Crippen LogP contribution in [0.3, 0.4) is 0 Å². The van der Waals surface area contributed by atoms with E-state index in [1.807, 2.05) is 0 Å². The monoisotopic (exact) mass is 297 g/mol. The highest BCUT2D eigenvalue weighted by Gasteiger charge is 2.36. The van der Waals surface area contributed by atoms with Gasteiger partial charge in [-0.1, -0.05) is 12.1 Å². The molecule has 0 saturated carbocycles. The highest BCUT2D eigenvalue weighted by molar-refractivity contribution is 6.03. The SMILES string of the molecule is CC(=O)N1c2ccccc2Oc2c(F)c(F)c(F)c(F)c21. The number of amides is 1. The average Bonchev–Trinajstić information content (AvgIpc) is 2.48. The van der Waals surface area contributed by atoms with E-state index in [1.165, 1.54) is 24.3 Å². The Labute approximate surface area is 116 Å². The van der Waals surface area contributed by atoms with Gasteiger partial charge >= 0.3 is 0 Å². The first kappa shape index (κ1) is 13.4. The fraction of sp³-hybridized carbons (Fsp3) is 0.0714. The average molecular weight is 297 g/mol. The summed E-state index contributed by atoms with van der Waals surface area (Å²) in [7, 11) is 0. The number of fused-ring (bicyclic) bond motifs is 2. The van der Waals surface area contributed by atoms with Crippen molar-refractivity contribution in [2.24, 2.45) is 0 Å². The summed E-state index contributed by atoms with van der Waals surface area (Å²) >= 11 is 0. The molecule has 108 valence electrons. The molecule has 0 atom stereocenters. The van der Waals surface area contributed by atoms with Crippen LogP contribution in [-0.4, -0.2) is 5.91 Å². The Morgan fingerprint density at radius 2 is 1.62 bits per heavy atom. The van der Waals surface area contributed by atoms with Crippen LogP contribution in [0.25, 0.3) is 0 Å². The highest BCUT2D eigenvalue weighted by atomic mass is 19.2. The van der Waals surface area contributed by atoms with E-state index >= 15 is 0 Å². The lowest BCUT2D eigenvalue weighted by Gasteiger charge is -2.30. The molecule has 0 saturated heterocycles. The Bertz CT molecular complexity index is 776. The molecule has 3 nitrogen and oxygen atoms in total. The first-order valence-electron chi connectivity index (χ1n) is 5.87. The summed E-state index contributed by atoms with van der Waals surface area (Å²) < 4.78 is 59.6. The van der Waals surface area contributed by atoms with Gasteiger partial charge in [-0.05, 0) is 12.1 Å². The maximum absolute atomic E-state index is 14.0. The molecule has 1 aliphatic rings. The van der Waals surface area contributed by atoms with Gasteiger partial charge in [0, 0.05) is 6.92 Å². The van der Waals surface area contributed by atoms with Crippen molar-refractivity contribution in [3.05, 3.63) is 47.5 Å². The predicted octanol–water partition coefficient (Wildman–Crippen LogP) is 4.03. The molecule has 0 unspecified atom stereocenters. The Hall–Kier alpha value is -2.57. The molecule has 0 fully saturated rings. The number of anilines is 2. The molecule has 0 aromatic heterocycles. The van der Waals surface area contributed by atoms with E-state index in [4.69, 9.17) is 4.74 Å². The molecule has 3 rings (SSSR count). The summed E-state index contributed by atoms with van der Waals surface area (Å²) in [5.41, 5.74) is -0.667. The summed E-state index contributed by atoms with van der Waals surface area (Å²) in [4.78, 5) is 12.5. The van der Waals surface area contributed by atoms with Crippen molar-refractivity contribution in [3.8, 4) is 11.5 Å². The Morgan fingerprint density at radius 1 is 1.00 bits per heavy atom. The minimum Gasteiger partial charge on any atom is -0.450 e. The van der Waals surface area contributed by atoms with E-state index in [0.29, 0.717) is 0 Å². The van der Waals surface area contributed by atoms with Crippen LogP contribution in [0.2, 0.25) is 0 Å². The molecule has 0 bridgehead atoms. The zero-order chi connectivity index (χ0) is 15.3. The van der Waals surface area contributed by atoms with Crippen LogP contribution in [0.4, 0.5) is 28.9 Å². The van der Waals surface area contributed by atoms with Gasteiger partial charge in [0.25, 0.3) is 0 Å². The second kappa shape index (κ2) is 4.47. The Balaban J connectivity index is 2.38. The van der Waals surface area contributed by atoms with Crippen LogP contribution < -0.4 is 9.64 Å². The molecular formula is C14H7F4NO2. The zero-order valence-electron chi connectivity index (χ0n) is 10.6. The number of nitrogens with zero attached hydrogens (tertiary/aromatic N) is 1. The maximum atomic E-state index is 14.0. The minimum absolute atomic E-state index is 0.0320. The molecular weight excluding hydrogens is 290 g/mol. The third-order valence-corrected chi connectivity index (χ3v) is 3.06. The lowest BCUT2D eigenvalue weighted by molar-refractivity contribution is -0.116. The van der Waals surface area contributed by atoms with Crippen molar-refractivity contribution in [2.45, 2.75) is 6.92 Å². The summed E-state index contributed by atoms with van der Waals surface area (Å²) in [6, 6.07) is 5.89. The summed E-state index contributed by atoms with van der Waals surface area (Å²) in [6.07, 6.45) is 0. The van der Waals surface area contributed by atoms with E-state index in [-0.39, 0.29) is 11.4 Å². The number of hydrogen-bond donors (Lipinski definition) is 0. The number of halogens is 4. The van der Waals surface area contributed by atoms with Gasteiger partial charge < -0.3 is 4.74 Å². The van der Waals surface area contributed by atoms with E-state index in [9.17, 15) is 22.4 Å². The van der Waals surface area contributed by atoms with Crippen LogP contribution in [0, 0.1) is 23.3 Å². The molecule has 0 N–H and O–H groups in total. The molecule has 1 aliphatic heterocycles. The summed E-state index contributed by atoms with van der Waals surface area (Å²) in [6.45, 7) is 1.09. The van der Waals surface area contributed by atoms with Gasteiger partial charge in [-0.25, -0.2) is 13.2 Å². The maximum Gasteiger partial charge on any atom is 0.228 e. The molecule has 1 heterocycles. The molecule has 2 aromatic carbocycles. The zero-order valence-corrected chi connectivity index (χ0v) is 10.6. The lowest BCUT2D eigenvalue weighted by Crippen LogP contribution is -2.28. The second-order valence-corrected chi connectivity index (χ2v) is 4.36. The van der Waals surface area contributed by atoms with Gasteiger partial charge in [0.15, 0.2) is 23.1 Å². The largest absolute Gasteiger partial charge is 0.450 e. The van der Waals surface area contributed by atoms with Crippen LogP contribution in [-0.2, 0) is 4.79 Å². The van der Waals surface area contributed by atoms with Crippen molar-refractivity contribution in [3.63, 3.8) is 0 Å². The van der Waals surface area contributed by atoms with E-state index in [0.717, 1.165) is 11.8 Å². The number of carbonyl (C=O) groups excluding carboxylic acids is 1. The molecule has 7 heteroatoms. The Morgan fingerprint density at radius 3 is 2.29 bits per heavy atom. The van der Waals surface area contributed by atoms with Crippen LogP contribution >= 0.6 is 0 Å². The minimum atomic E-state index is -2.00. The smallest absolute Gasteiger partial charge is 0.228 e. The fourth-order valence-corrected chi connectivity index (χ4v) is 2.18. The van der Waals surface area contributed by atoms with Crippen LogP contribution in [0.1, 0.15) is 6.92 Å². The van der Waals surface area contributed by atoms with Gasteiger partial charge in [0.1, 0.15) is 5.69 Å². The molecule has 0 radical (unpaired) electrons. The van der Waals surface area contributed by atoms with Gasteiger partial charge in [-0.3, -0.25) is 9.69 Å². The number of rotatable bonds is 0. The molecule has 2 aromatic rings. The van der Waals surface area contributed by atoms with Crippen molar-refractivity contribution >= 4 is 17.3 Å². The van der Waals surface area contributed by atoms with E-state index in [1.54, 1.807) is 0 Å². The first-order valence-corrected chi connectivity index (χ1v) is 5.87. The van der Waals surface area contributed by atoms with Gasteiger partial charge in [0.05, 0.1) is 5.69 Å². The number of ether oxygens (including phenoxy) is 1. The first-order chi connectivity index (χ1) is 9.93. The van der Waals surface area contributed by atoms with Crippen molar-refractivity contribution in [1.29, 1.82) is 0 Å². The summed E-state index contributed by atoms with van der Waals surface area (Å²) in [5.74, 6) is -8.89. The second-order valence-electron chi connectivity index (χ2n) is 4.36. The van der Waals surface area contributed by atoms with Gasteiger partial charge in [-0.15, -0.1) is 0 Å². The number of para-hydroxylation sites is 2. The third kappa shape index (κ3) is 1.77. The fourth-order valence-electron chi connectivity index (χ4n) is 2.18. The molecule has 0 aliphatic carbocycles. The third-order valence-electron chi connectivity index (χ3n) is 3.06. The van der Waals surface area contributed by atoms with Crippen LogP contribution in [0.15, 0.2) is 24.3 Å². The normalized spacial score (nSPS) is 12.5. The number of hydrogen-bond acceptors (Lipinski definition) is 2. The predicted molar refractivity (Wildman–Crippen MR) is 65.6 cm³/mol. The van der Waals surface area contributed by atoms with Crippen molar-refractivity contribution in [2.75, 3.05) is 4.90 Å². The van der Waals surface area contributed by atoms with E-state index < -0.39 is 40.6 Å². The molecule has 0 spiro atoms. The topological polar surface area (TPSA) is 29.5 Å². The molecule has 1 amide bonds. The van der Waals surface area contributed by atoms with Crippen molar-refractivity contribution < 1.29 is 27.1 Å². The molecule has 21 heavy (non-hydrogen) atoms. The van der Waals surface area contributed by atoms with Crippen LogP contribution in [0.5, 0.6) is 11.5 Å². The quantitative estimate of drug-likeness (QED) is 0.417. The summed E-state index contributed by atoms with van der Waals surface area (Å²) in [5, 5.41) is 0. The lowest BCUT2D eigenvalue weighted by atomic mass is 10.1. The highest BCUT2D eigenvalue weighted by Crippen LogP contribution is 2.50. The van der Waals surface area contributed by atoms with Gasteiger partial charge in [0.2, 0.25) is 17.5 Å². The van der Waals surface area contributed by atoms with Gasteiger partial charge in [-0.2, -0.15) is 4.39 Å². The van der Waals surface area contributed by atoms with E-state index in [2.05, 4.69) is 0 Å². The number of carbonyl (C=O) groups is 1. The van der Waals surface area contributed by atoms with Crippen molar-refractivity contribution in [1.82, 2.24) is 0 Å². The Kier molecular flexibility index (Phi) is 2.86. The standard InChI is InChI=1S/C14H7F4NO2/c1-6(20)19-7-4-2-3-5-8(7)21-14-12(18)10(16)9(15)11(17)13(14)19/h2-5H,1H3. The number of benzene rings is 2.